The summed E-state index contributed by atoms with van der Waals surface area (Å²) in [5, 5.41) is 2.93. The number of hydrogen-bond donors (Lipinski definition) is 1. The molecule has 0 saturated carbocycles. The van der Waals surface area contributed by atoms with Crippen molar-refractivity contribution in [2.45, 2.75) is 6.54 Å². The van der Waals surface area contributed by atoms with Gasteiger partial charge >= 0.3 is 0 Å². The van der Waals surface area contributed by atoms with Gasteiger partial charge in [0.15, 0.2) is 0 Å². The summed E-state index contributed by atoms with van der Waals surface area (Å²) >= 11 is 3.39. The first-order valence-corrected chi connectivity index (χ1v) is 7.15. The van der Waals surface area contributed by atoms with E-state index in [4.69, 9.17) is 0 Å². The van der Waals surface area contributed by atoms with Gasteiger partial charge in [-0.1, -0.05) is 34.1 Å². The van der Waals surface area contributed by atoms with Crippen LogP contribution in [0.3, 0.4) is 0 Å². The molecule has 3 nitrogen and oxygen atoms in total. The van der Waals surface area contributed by atoms with Crippen LogP contribution < -0.4 is 10.2 Å². The lowest BCUT2D eigenvalue weighted by atomic mass is 10.1. The number of benzene rings is 2. The Morgan fingerprint density at radius 3 is 2.50 bits per heavy atom. The molecule has 2 aromatic carbocycles. The number of carbonyl (C=O) groups excluding carboxylic acids is 1. The second kappa shape index (κ2) is 6.57. The fourth-order valence-electron chi connectivity index (χ4n) is 1.81. The molecule has 20 heavy (non-hydrogen) atoms. The predicted molar refractivity (Wildman–Crippen MR) is 86.1 cm³/mol. The molecular formula is C16H17BrN2O. The zero-order chi connectivity index (χ0) is 14.5. The molecule has 0 fully saturated rings. The zero-order valence-corrected chi connectivity index (χ0v) is 13.1. The molecule has 0 unspecified atom stereocenters. The first-order chi connectivity index (χ1) is 9.56. The summed E-state index contributed by atoms with van der Waals surface area (Å²) in [5.41, 5.74) is 2.76. The molecule has 1 N–H and O–H groups in total. The van der Waals surface area contributed by atoms with Crippen molar-refractivity contribution >= 4 is 27.5 Å². The molecule has 0 bridgehead atoms. The second-order valence-electron chi connectivity index (χ2n) is 4.75. The van der Waals surface area contributed by atoms with E-state index >= 15 is 0 Å². The molecule has 2 rings (SSSR count). The van der Waals surface area contributed by atoms with Crippen LogP contribution in [-0.4, -0.2) is 20.0 Å². The summed E-state index contributed by atoms with van der Waals surface area (Å²) in [6.45, 7) is 0.526. The Morgan fingerprint density at radius 2 is 1.85 bits per heavy atom. The van der Waals surface area contributed by atoms with Crippen LogP contribution in [0, 0.1) is 0 Å². The third-order valence-electron chi connectivity index (χ3n) is 2.99. The Kier molecular flexibility index (Phi) is 4.79. The van der Waals surface area contributed by atoms with Crippen LogP contribution in [0.5, 0.6) is 0 Å². The van der Waals surface area contributed by atoms with Crippen LogP contribution in [0.4, 0.5) is 5.69 Å². The van der Waals surface area contributed by atoms with Crippen molar-refractivity contribution < 1.29 is 4.79 Å². The van der Waals surface area contributed by atoms with Gasteiger partial charge in [0.05, 0.1) is 0 Å². The van der Waals surface area contributed by atoms with E-state index in [2.05, 4.69) is 21.2 Å². The first kappa shape index (κ1) is 14.6. The highest BCUT2D eigenvalue weighted by Gasteiger charge is 2.06. The Hall–Kier alpha value is -1.81. The minimum absolute atomic E-state index is 0.0587. The maximum Gasteiger partial charge on any atom is 0.251 e. The fourth-order valence-corrected chi connectivity index (χ4v) is 2.08. The molecule has 0 aliphatic rings. The van der Waals surface area contributed by atoms with Gasteiger partial charge in [-0.3, -0.25) is 4.79 Å². The second-order valence-corrected chi connectivity index (χ2v) is 5.67. The highest BCUT2D eigenvalue weighted by Crippen LogP contribution is 2.14. The summed E-state index contributed by atoms with van der Waals surface area (Å²) in [4.78, 5) is 14.1. The summed E-state index contributed by atoms with van der Waals surface area (Å²) in [7, 11) is 3.91. The van der Waals surface area contributed by atoms with Gasteiger partial charge in [-0.2, -0.15) is 0 Å². The SMILES string of the molecule is CN(C)c1cccc(C(=O)NCc2ccc(Br)cc2)c1. The average molecular weight is 333 g/mol. The molecular weight excluding hydrogens is 316 g/mol. The monoisotopic (exact) mass is 332 g/mol. The van der Waals surface area contributed by atoms with Gasteiger partial charge in [-0.25, -0.2) is 0 Å². The first-order valence-electron chi connectivity index (χ1n) is 6.36. The van der Waals surface area contributed by atoms with E-state index in [1.54, 1.807) is 0 Å². The van der Waals surface area contributed by atoms with Crippen molar-refractivity contribution in [3.63, 3.8) is 0 Å². The molecule has 0 saturated heterocycles. The highest BCUT2D eigenvalue weighted by molar-refractivity contribution is 9.10. The highest BCUT2D eigenvalue weighted by atomic mass is 79.9. The summed E-state index contributed by atoms with van der Waals surface area (Å²) in [6, 6.07) is 15.5. The van der Waals surface area contributed by atoms with E-state index in [-0.39, 0.29) is 5.91 Å². The Labute approximate surface area is 127 Å². The Balaban J connectivity index is 2.01. The zero-order valence-electron chi connectivity index (χ0n) is 11.6. The van der Waals surface area contributed by atoms with E-state index in [1.165, 1.54) is 0 Å². The number of amides is 1. The van der Waals surface area contributed by atoms with Crippen molar-refractivity contribution in [3.8, 4) is 0 Å². The number of rotatable bonds is 4. The minimum Gasteiger partial charge on any atom is -0.378 e. The van der Waals surface area contributed by atoms with Gasteiger partial charge in [0.1, 0.15) is 0 Å². The molecule has 0 spiro atoms. The number of nitrogens with zero attached hydrogens (tertiary/aromatic N) is 1. The van der Waals surface area contributed by atoms with E-state index in [1.807, 2.05) is 67.5 Å². The number of carbonyl (C=O) groups is 1. The molecule has 0 aliphatic heterocycles. The molecule has 4 heteroatoms. The van der Waals surface area contributed by atoms with Crippen molar-refractivity contribution in [1.29, 1.82) is 0 Å². The molecule has 0 heterocycles. The predicted octanol–water partition coefficient (Wildman–Crippen LogP) is 3.45. The van der Waals surface area contributed by atoms with Gasteiger partial charge < -0.3 is 10.2 Å². The summed E-state index contributed by atoms with van der Waals surface area (Å²) in [6.07, 6.45) is 0. The molecule has 0 atom stereocenters. The van der Waals surface area contributed by atoms with Crippen molar-refractivity contribution in [2.75, 3.05) is 19.0 Å². The summed E-state index contributed by atoms with van der Waals surface area (Å²) < 4.78 is 1.03. The number of anilines is 1. The Morgan fingerprint density at radius 1 is 1.15 bits per heavy atom. The lowest BCUT2D eigenvalue weighted by Crippen LogP contribution is -2.23. The number of hydrogen-bond acceptors (Lipinski definition) is 2. The van der Waals surface area contributed by atoms with Crippen molar-refractivity contribution in [2.24, 2.45) is 0 Å². The molecule has 0 aliphatic carbocycles. The van der Waals surface area contributed by atoms with Crippen LogP contribution in [-0.2, 0) is 6.54 Å². The Bertz CT molecular complexity index is 594. The molecule has 2 aromatic rings. The van der Waals surface area contributed by atoms with Crippen LogP contribution in [0.1, 0.15) is 15.9 Å². The van der Waals surface area contributed by atoms with Gasteiger partial charge in [-0.05, 0) is 35.9 Å². The molecule has 104 valence electrons. The maximum atomic E-state index is 12.1. The van der Waals surface area contributed by atoms with E-state index in [9.17, 15) is 4.79 Å². The topological polar surface area (TPSA) is 32.3 Å². The van der Waals surface area contributed by atoms with E-state index < -0.39 is 0 Å². The average Bonchev–Trinajstić information content (AvgIpc) is 2.46. The minimum atomic E-state index is -0.0587. The lowest BCUT2D eigenvalue weighted by Gasteiger charge is -2.13. The lowest BCUT2D eigenvalue weighted by molar-refractivity contribution is 0.0951. The van der Waals surface area contributed by atoms with Crippen LogP contribution >= 0.6 is 15.9 Å². The standard InChI is InChI=1S/C16H17BrN2O/c1-19(2)15-5-3-4-13(10-15)16(20)18-11-12-6-8-14(17)9-7-12/h3-10H,11H2,1-2H3,(H,18,20). The van der Waals surface area contributed by atoms with Crippen molar-refractivity contribution in [1.82, 2.24) is 5.32 Å². The van der Waals surface area contributed by atoms with Crippen LogP contribution in [0.2, 0.25) is 0 Å². The molecule has 1 amide bonds. The fraction of sp³-hybridized carbons (Fsp3) is 0.188. The number of nitrogens with one attached hydrogen (secondary N) is 1. The third-order valence-corrected chi connectivity index (χ3v) is 3.52. The smallest absolute Gasteiger partial charge is 0.251 e. The van der Waals surface area contributed by atoms with Gasteiger partial charge in [0, 0.05) is 36.4 Å². The van der Waals surface area contributed by atoms with Gasteiger partial charge in [0.25, 0.3) is 5.91 Å². The van der Waals surface area contributed by atoms with Crippen molar-refractivity contribution in [3.05, 3.63) is 64.1 Å². The third kappa shape index (κ3) is 3.84. The quantitative estimate of drug-likeness (QED) is 0.930. The van der Waals surface area contributed by atoms with E-state index in [0.29, 0.717) is 12.1 Å². The maximum absolute atomic E-state index is 12.1. The normalized spacial score (nSPS) is 10.2. The summed E-state index contributed by atoms with van der Waals surface area (Å²) in [5.74, 6) is -0.0587. The van der Waals surface area contributed by atoms with E-state index in [0.717, 1.165) is 15.7 Å². The molecule has 0 radical (unpaired) electrons. The van der Waals surface area contributed by atoms with Crippen LogP contribution in [0.15, 0.2) is 53.0 Å². The van der Waals surface area contributed by atoms with Crippen LogP contribution in [0.25, 0.3) is 0 Å². The van der Waals surface area contributed by atoms with Gasteiger partial charge in [0.2, 0.25) is 0 Å². The largest absolute Gasteiger partial charge is 0.378 e. The molecule has 0 aromatic heterocycles. The number of halogens is 1. The van der Waals surface area contributed by atoms with Gasteiger partial charge in [-0.15, -0.1) is 0 Å².